The average molecular weight is 220 g/mol. The summed E-state index contributed by atoms with van der Waals surface area (Å²) < 4.78 is 0. The Kier molecular flexibility index (Phi) is 3.25. The van der Waals surface area contributed by atoms with Crippen molar-refractivity contribution in [3.8, 4) is 0 Å². The first-order valence-electron chi connectivity index (χ1n) is 3.37. The van der Waals surface area contributed by atoms with Gasteiger partial charge >= 0.3 is 0 Å². The molecule has 2 rings (SSSR count). The minimum atomic E-state index is 1.22. The van der Waals surface area contributed by atoms with Crippen LogP contribution < -0.4 is 0 Å². The van der Waals surface area contributed by atoms with Crippen molar-refractivity contribution in [1.82, 2.24) is 0 Å². The maximum atomic E-state index is 2.30. The molecule has 0 fully saturated rings. The Bertz CT molecular complexity index is 184. The summed E-state index contributed by atoms with van der Waals surface area (Å²) in [5.41, 5.74) is 3.21. The lowest BCUT2D eigenvalue weighted by Crippen LogP contribution is -1.87. The number of hydrogen-bond donors (Lipinski definition) is 0. The zero-order valence-electron chi connectivity index (χ0n) is 5.91. The molecule has 0 atom stereocenters. The van der Waals surface area contributed by atoms with Crippen LogP contribution in [-0.2, 0) is 0 Å². The van der Waals surface area contributed by atoms with Gasteiger partial charge in [-0.25, -0.2) is 0 Å². The third-order valence-corrected chi connectivity index (χ3v) is 5.72. The van der Waals surface area contributed by atoms with Crippen LogP contribution in [0.1, 0.15) is 6.42 Å². The van der Waals surface area contributed by atoms with Crippen LogP contribution in [-0.4, -0.2) is 11.5 Å². The Labute approximate surface area is 82.8 Å². The van der Waals surface area contributed by atoms with Crippen LogP contribution in [0.4, 0.5) is 0 Å². The fourth-order valence-electron chi connectivity index (χ4n) is 0.969. The number of rotatable bonds is 2. The van der Waals surface area contributed by atoms with E-state index in [1.165, 1.54) is 17.9 Å². The van der Waals surface area contributed by atoms with E-state index in [2.05, 4.69) is 10.8 Å². The molecular weight excluding hydrogens is 212 g/mol. The first kappa shape index (κ1) is 8.48. The Morgan fingerprint density at radius 1 is 1.00 bits per heavy atom. The van der Waals surface area contributed by atoms with E-state index in [4.69, 9.17) is 0 Å². The molecule has 2 aliphatic heterocycles. The zero-order chi connectivity index (χ0) is 7.52. The summed E-state index contributed by atoms with van der Waals surface area (Å²) in [4.78, 5) is 0. The molecule has 11 heavy (non-hydrogen) atoms. The van der Waals surface area contributed by atoms with Crippen molar-refractivity contribution in [3.63, 3.8) is 0 Å². The SMILES string of the molecule is C1=C(CC2=CSSC2)CSS1. The van der Waals surface area contributed by atoms with Gasteiger partial charge in [-0.3, -0.25) is 0 Å². The Morgan fingerprint density at radius 3 is 1.91 bits per heavy atom. The van der Waals surface area contributed by atoms with Crippen molar-refractivity contribution < 1.29 is 0 Å². The molecular formula is C7H8S4. The lowest BCUT2D eigenvalue weighted by atomic mass is 10.1. The van der Waals surface area contributed by atoms with E-state index in [0.29, 0.717) is 0 Å². The van der Waals surface area contributed by atoms with E-state index in [-0.39, 0.29) is 0 Å². The third kappa shape index (κ3) is 2.41. The monoisotopic (exact) mass is 220 g/mol. The van der Waals surface area contributed by atoms with Crippen molar-refractivity contribution in [2.75, 3.05) is 11.5 Å². The molecule has 0 spiro atoms. The van der Waals surface area contributed by atoms with E-state index >= 15 is 0 Å². The lowest BCUT2D eigenvalue weighted by Gasteiger charge is -1.98. The largest absolute Gasteiger partial charge is 0.0850 e. The van der Waals surface area contributed by atoms with Crippen LogP contribution in [0.25, 0.3) is 0 Å². The maximum absolute atomic E-state index is 2.30. The number of hydrogen-bond acceptors (Lipinski definition) is 4. The van der Waals surface area contributed by atoms with Crippen molar-refractivity contribution in [3.05, 3.63) is 22.0 Å². The molecule has 0 aromatic rings. The van der Waals surface area contributed by atoms with Crippen molar-refractivity contribution in [2.45, 2.75) is 6.42 Å². The lowest BCUT2D eigenvalue weighted by molar-refractivity contribution is 1.14. The van der Waals surface area contributed by atoms with Gasteiger partial charge in [-0.05, 0) is 28.4 Å². The summed E-state index contributed by atoms with van der Waals surface area (Å²) in [5, 5.41) is 4.61. The molecule has 0 amide bonds. The van der Waals surface area contributed by atoms with Crippen LogP contribution in [0.3, 0.4) is 0 Å². The standard InChI is InChI=1S/C7H8S4/c1(6-2-8-9-3-6)7-4-10-11-5-7/h2,4H,1,3,5H2. The topological polar surface area (TPSA) is 0 Å². The molecule has 0 saturated carbocycles. The molecule has 0 aromatic carbocycles. The van der Waals surface area contributed by atoms with Crippen LogP contribution in [0, 0.1) is 0 Å². The predicted octanol–water partition coefficient (Wildman–Crippen LogP) is 3.93. The minimum absolute atomic E-state index is 1.22. The van der Waals surface area contributed by atoms with Gasteiger partial charge in [0, 0.05) is 11.5 Å². The first-order chi connectivity index (χ1) is 5.45. The van der Waals surface area contributed by atoms with Crippen molar-refractivity contribution >= 4 is 43.2 Å². The maximum Gasteiger partial charge on any atom is 0.0262 e. The molecule has 60 valence electrons. The van der Waals surface area contributed by atoms with Gasteiger partial charge in [0.25, 0.3) is 0 Å². The summed E-state index contributed by atoms with van der Waals surface area (Å²) in [7, 11) is 7.66. The molecule has 0 unspecified atom stereocenters. The van der Waals surface area contributed by atoms with Gasteiger partial charge in [0.2, 0.25) is 0 Å². The van der Waals surface area contributed by atoms with E-state index < -0.39 is 0 Å². The fraction of sp³-hybridized carbons (Fsp3) is 0.429. The summed E-state index contributed by atoms with van der Waals surface area (Å²) in [6.07, 6.45) is 1.22. The summed E-state index contributed by atoms with van der Waals surface area (Å²) in [5.74, 6) is 2.47. The molecule has 2 heterocycles. The van der Waals surface area contributed by atoms with Crippen LogP contribution in [0.5, 0.6) is 0 Å². The second kappa shape index (κ2) is 4.21. The van der Waals surface area contributed by atoms with Crippen molar-refractivity contribution in [2.24, 2.45) is 0 Å². The van der Waals surface area contributed by atoms with Gasteiger partial charge in [0.1, 0.15) is 0 Å². The molecule has 0 radical (unpaired) electrons. The highest BCUT2D eigenvalue weighted by Crippen LogP contribution is 2.40. The van der Waals surface area contributed by atoms with Gasteiger partial charge in [-0.15, -0.1) is 0 Å². The Balaban J connectivity index is 1.89. The quantitative estimate of drug-likeness (QED) is 0.646. The van der Waals surface area contributed by atoms with Gasteiger partial charge in [-0.1, -0.05) is 43.2 Å². The van der Waals surface area contributed by atoms with Crippen LogP contribution in [0.15, 0.2) is 22.0 Å². The second-order valence-corrected chi connectivity index (χ2v) is 6.92. The van der Waals surface area contributed by atoms with Gasteiger partial charge in [0.05, 0.1) is 0 Å². The van der Waals surface area contributed by atoms with Gasteiger partial charge in [0.15, 0.2) is 0 Å². The normalized spacial score (nSPS) is 23.6. The molecule has 0 aromatic heterocycles. The van der Waals surface area contributed by atoms with Crippen molar-refractivity contribution in [1.29, 1.82) is 0 Å². The molecule has 0 aliphatic carbocycles. The van der Waals surface area contributed by atoms with Gasteiger partial charge in [-0.2, -0.15) is 0 Å². The highest BCUT2D eigenvalue weighted by atomic mass is 33.1. The summed E-state index contributed by atoms with van der Waals surface area (Å²) in [6.45, 7) is 0. The molecule has 0 saturated heterocycles. The zero-order valence-corrected chi connectivity index (χ0v) is 9.18. The van der Waals surface area contributed by atoms with Gasteiger partial charge < -0.3 is 0 Å². The molecule has 0 bridgehead atoms. The first-order valence-corrected chi connectivity index (χ1v) is 8.14. The van der Waals surface area contributed by atoms with Crippen LogP contribution in [0.2, 0.25) is 0 Å². The molecule has 2 aliphatic rings. The summed E-state index contributed by atoms with van der Waals surface area (Å²) in [6, 6.07) is 0. The highest BCUT2D eigenvalue weighted by molar-refractivity contribution is 8.78. The fourth-order valence-corrected chi connectivity index (χ4v) is 5.27. The Morgan fingerprint density at radius 2 is 1.55 bits per heavy atom. The molecule has 0 nitrogen and oxygen atoms in total. The molecule has 0 N–H and O–H groups in total. The highest BCUT2D eigenvalue weighted by Gasteiger charge is 2.11. The predicted molar refractivity (Wildman–Crippen MR) is 60.9 cm³/mol. The third-order valence-electron chi connectivity index (χ3n) is 1.51. The van der Waals surface area contributed by atoms with E-state index in [1.54, 1.807) is 11.1 Å². The smallest absolute Gasteiger partial charge is 0.0262 e. The van der Waals surface area contributed by atoms with E-state index in [9.17, 15) is 0 Å². The summed E-state index contributed by atoms with van der Waals surface area (Å²) >= 11 is 0. The molecule has 4 heteroatoms. The second-order valence-electron chi connectivity index (χ2n) is 2.45. The minimum Gasteiger partial charge on any atom is -0.0850 e. The van der Waals surface area contributed by atoms with E-state index in [1.807, 2.05) is 43.2 Å². The van der Waals surface area contributed by atoms with Crippen LogP contribution >= 0.6 is 43.2 Å². The van der Waals surface area contributed by atoms with E-state index in [0.717, 1.165) is 0 Å². The Hall–Kier alpha value is 0.880. The average Bonchev–Trinajstić information content (AvgIpc) is 2.60.